The third-order valence-corrected chi connectivity index (χ3v) is 3.34. The summed E-state index contributed by atoms with van der Waals surface area (Å²) in [5.41, 5.74) is 1.06. The van der Waals surface area contributed by atoms with Crippen molar-refractivity contribution >= 4 is 5.96 Å². The molecule has 2 aromatic heterocycles. The summed E-state index contributed by atoms with van der Waals surface area (Å²) >= 11 is 0. The smallest absolute Gasteiger partial charge is 0.228 e. The Labute approximate surface area is 143 Å². The number of pyridine rings is 1. The molecule has 0 amide bonds. The van der Waals surface area contributed by atoms with E-state index in [-0.39, 0.29) is 5.92 Å². The van der Waals surface area contributed by atoms with Crippen LogP contribution in [0.1, 0.15) is 44.1 Å². The molecule has 7 nitrogen and oxygen atoms in total. The highest BCUT2D eigenvalue weighted by Gasteiger charge is 2.09. The lowest BCUT2D eigenvalue weighted by Gasteiger charge is -2.10. The maximum atomic E-state index is 5.23. The van der Waals surface area contributed by atoms with Gasteiger partial charge in [0.2, 0.25) is 5.89 Å². The van der Waals surface area contributed by atoms with Gasteiger partial charge in [0.25, 0.3) is 0 Å². The van der Waals surface area contributed by atoms with Gasteiger partial charge in [-0.05, 0) is 19.1 Å². The van der Waals surface area contributed by atoms with Crippen molar-refractivity contribution in [1.82, 2.24) is 25.8 Å². The molecular weight excluding hydrogens is 304 g/mol. The lowest BCUT2D eigenvalue weighted by atomic mass is 10.2. The van der Waals surface area contributed by atoms with Crippen molar-refractivity contribution in [3.05, 3.63) is 41.8 Å². The SMILES string of the molecule is CCNC(=NCCc1nc(C(C)C)no1)NCCc1ccccn1. The minimum absolute atomic E-state index is 0.275. The predicted molar refractivity (Wildman–Crippen MR) is 94.0 cm³/mol. The maximum absolute atomic E-state index is 5.23. The van der Waals surface area contributed by atoms with Crippen LogP contribution in [0.2, 0.25) is 0 Å². The molecule has 2 heterocycles. The zero-order chi connectivity index (χ0) is 17.2. The minimum atomic E-state index is 0.275. The van der Waals surface area contributed by atoms with E-state index in [2.05, 4.69) is 30.8 Å². The number of rotatable bonds is 8. The summed E-state index contributed by atoms with van der Waals surface area (Å²) < 4.78 is 5.23. The molecule has 0 spiro atoms. The monoisotopic (exact) mass is 330 g/mol. The summed E-state index contributed by atoms with van der Waals surface area (Å²) in [4.78, 5) is 13.2. The standard InChI is InChI=1S/C17H26N6O/c1-4-18-17(20-11-8-14-7-5-6-10-19-14)21-12-9-15-22-16(13(2)3)23-24-15/h5-7,10,13H,4,8-9,11-12H2,1-3H3,(H2,18,20,21). The molecule has 7 heteroatoms. The molecule has 0 fully saturated rings. The largest absolute Gasteiger partial charge is 0.357 e. The summed E-state index contributed by atoms with van der Waals surface area (Å²) in [5, 5.41) is 10.5. The Balaban J connectivity index is 1.79. The quantitative estimate of drug-likeness (QED) is 0.568. The Kier molecular flexibility index (Phi) is 7.20. The van der Waals surface area contributed by atoms with Crippen molar-refractivity contribution in [3.63, 3.8) is 0 Å². The van der Waals surface area contributed by atoms with Crippen molar-refractivity contribution in [2.45, 2.75) is 39.5 Å². The second-order valence-electron chi connectivity index (χ2n) is 5.71. The molecule has 0 saturated heterocycles. The normalized spacial score (nSPS) is 11.8. The molecule has 0 aliphatic rings. The van der Waals surface area contributed by atoms with E-state index in [4.69, 9.17) is 4.52 Å². The van der Waals surface area contributed by atoms with E-state index in [0.29, 0.717) is 18.9 Å². The summed E-state index contributed by atoms with van der Waals surface area (Å²) in [6.45, 7) is 8.32. The fraction of sp³-hybridized carbons (Fsp3) is 0.529. The number of aliphatic imine (C=N–C) groups is 1. The van der Waals surface area contributed by atoms with Crippen LogP contribution in [0.5, 0.6) is 0 Å². The van der Waals surface area contributed by atoms with Crippen LogP contribution in [-0.4, -0.2) is 40.7 Å². The van der Waals surface area contributed by atoms with E-state index < -0.39 is 0 Å². The van der Waals surface area contributed by atoms with Crippen LogP contribution in [0.25, 0.3) is 0 Å². The van der Waals surface area contributed by atoms with Crippen LogP contribution >= 0.6 is 0 Å². The van der Waals surface area contributed by atoms with Crippen molar-refractivity contribution in [1.29, 1.82) is 0 Å². The van der Waals surface area contributed by atoms with Gasteiger partial charge in [-0.3, -0.25) is 9.98 Å². The summed E-state index contributed by atoms with van der Waals surface area (Å²) in [5.74, 6) is 2.44. The Morgan fingerprint density at radius 2 is 2.12 bits per heavy atom. The van der Waals surface area contributed by atoms with Crippen LogP contribution < -0.4 is 10.6 Å². The van der Waals surface area contributed by atoms with Crippen LogP contribution in [-0.2, 0) is 12.8 Å². The van der Waals surface area contributed by atoms with Gasteiger partial charge in [0.1, 0.15) is 0 Å². The van der Waals surface area contributed by atoms with Gasteiger partial charge in [0.15, 0.2) is 11.8 Å². The first-order valence-corrected chi connectivity index (χ1v) is 8.43. The van der Waals surface area contributed by atoms with Crippen LogP contribution in [0.4, 0.5) is 0 Å². The second-order valence-corrected chi connectivity index (χ2v) is 5.71. The molecule has 0 aliphatic carbocycles. The Bertz CT molecular complexity index is 623. The molecule has 2 aromatic rings. The van der Waals surface area contributed by atoms with Gasteiger partial charge >= 0.3 is 0 Å². The zero-order valence-electron chi connectivity index (χ0n) is 14.6. The molecule has 130 valence electrons. The Morgan fingerprint density at radius 3 is 2.79 bits per heavy atom. The van der Waals surface area contributed by atoms with E-state index in [1.807, 2.05) is 45.2 Å². The van der Waals surface area contributed by atoms with Gasteiger partial charge in [0, 0.05) is 43.7 Å². The van der Waals surface area contributed by atoms with Crippen molar-refractivity contribution in [2.75, 3.05) is 19.6 Å². The molecule has 0 bridgehead atoms. The molecule has 0 aromatic carbocycles. The molecule has 0 unspecified atom stereocenters. The first kappa shape index (κ1) is 17.9. The van der Waals surface area contributed by atoms with Crippen LogP contribution in [0.15, 0.2) is 33.9 Å². The average Bonchev–Trinajstić information content (AvgIpc) is 3.05. The highest BCUT2D eigenvalue weighted by molar-refractivity contribution is 5.79. The predicted octanol–water partition coefficient (Wildman–Crippen LogP) is 1.93. The van der Waals surface area contributed by atoms with E-state index in [1.54, 1.807) is 0 Å². The molecule has 0 atom stereocenters. The third-order valence-electron chi connectivity index (χ3n) is 3.34. The molecule has 0 radical (unpaired) electrons. The second kappa shape index (κ2) is 9.64. The molecule has 0 saturated carbocycles. The van der Waals surface area contributed by atoms with E-state index in [9.17, 15) is 0 Å². The average molecular weight is 330 g/mol. The van der Waals surface area contributed by atoms with Crippen molar-refractivity contribution < 1.29 is 4.52 Å². The number of hydrogen-bond acceptors (Lipinski definition) is 5. The van der Waals surface area contributed by atoms with Crippen LogP contribution in [0, 0.1) is 0 Å². The molecular formula is C17H26N6O. The molecule has 24 heavy (non-hydrogen) atoms. The Morgan fingerprint density at radius 1 is 1.25 bits per heavy atom. The molecule has 0 aliphatic heterocycles. The first-order valence-electron chi connectivity index (χ1n) is 8.43. The summed E-state index contributed by atoms with van der Waals surface area (Å²) in [6, 6.07) is 5.94. The van der Waals surface area contributed by atoms with Gasteiger partial charge < -0.3 is 15.2 Å². The molecule has 2 N–H and O–H groups in total. The fourth-order valence-corrected chi connectivity index (χ4v) is 2.06. The number of guanidine groups is 1. The topological polar surface area (TPSA) is 88.2 Å². The fourth-order valence-electron chi connectivity index (χ4n) is 2.06. The third kappa shape index (κ3) is 5.98. The highest BCUT2D eigenvalue weighted by atomic mass is 16.5. The molecule has 2 rings (SSSR count). The van der Waals surface area contributed by atoms with E-state index in [0.717, 1.165) is 37.0 Å². The van der Waals surface area contributed by atoms with Crippen LogP contribution in [0.3, 0.4) is 0 Å². The number of aromatic nitrogens is 3. The van der Waals surface area contributed by atoms with E-state index in [1.165, 1.54) is 0 Å². The lowest BCUT2D eigenvalue weighted by Crippen LogP contribution is -2.38. The number of nitrogens with one attached hydrogen (secondary N) is 2. The van der Waals surface area contributed by atoms with Gasteiger partial charge in [-0.25, -0.2) is 0 Å². The van der Waals surface area contributed by atoms with Gasteiger partial charge in [0.05, 0.1) is 6.54 Å². The number of nitrogens with zero attached hydrogens (tertiary/aromatic N) is 4. The van der Waals surface area contributed by atoms with Crippen molar-refractivity contribution in [3.8, 4) is 0 Å². The highest BCUT2D eigenvalue weighted by Crippen LogP contribution is 2.09. The Hall–Kier alpha value is -2.44. The van der Waals surface area contributed by atoms with Crippen molar-refractivity contribution in [2.24, 2.45) is 4.99 Å². The van der Waals surface area contributed by atoms with Gasteiger partial charge in [-0.15, -0.1) is 0 Å². The zero-order valence-corrected chi connectivity index (χ0v) is 14.6. The maximum Gasteiger partial charge on any atom is 0.228 e. The summed E-state index contributed by atoms with van der Waals surface area (Å²) in [6.07, 6.45) is 3.30. The minimum Gasteiger partial charge on any atom is -0.357 e. The van der Waals surface area contributed by atoms with E-state index >= 15 is 0 Å². The lowest BCUT2D eigenvalue weighted by molar-refractivity contribution is 0.372. The van der Waals surface area contributed by atoms with Gasteiger partial charge in [-0.1, -0.05) is 25.1 Å². The first-order chi connectivity index (χ1) is 11.7. The van der Waals surface area contributed by atoms with Gasteiger partial charge in [-0.2, -0.15) is 4.98 Å². The summed E-state index contributed by atoms with van der Waals surface area (Å²) in [7, 11) is 0. The number of hydrogen-bond donors (Lipinski definition) is 2.